The first kappa shape index (κ1) is 15.1. The van der Waals surface area contributed by atoms with E-state index in [1.54, 1.807) is 12.4 Å². The van der Waals surface area contributed by atoms with Crippen LogP contribution in [0, 0.1) is 0 Å². The zero-order valence-corrected chi connectivity index (χ0v) is 13.5. The van der Waals surface area contributed by atoms with Crippen LogP contribution in [-0.2, 0) is 0 Å². The van der Waals surface area contributed by atoms with Crippen molar-refractivity contribution in [3.05, 3.63) is 54.4 Å². The van der Waals surface area contributed by atoms with Gasteiger partial charge in [-0.2, -0.15) is 0 Å². The first-order valence-corrected chi connectivity index (χ1v) is 8.51. The SMILES string of the molecule is O=C(c1ccc(Oc2cccnc2)cc1)N1CCC2CCC(C1)N2. The van der Waals surface area contributed by atoms with Crippen molar-refractivity contribution in [3.8, 4) is 11.5 Å². The average Bonchev–Trinajstić information content (AvgIpc) is 2.95. The normalized spacial score (nSPS) is 22.9. The zero-order valence-electron chi connectivity index (χ0n) is 13.5. The van der Waals surface area contributed by atoms with Crippen LogP contribution < -0.4 is 10.1 Å². The Hall–Kier alpha value is -2.40. The van der Waals surface area contributed by atoms with E-state index in [2.05, 4.69) is 10.3 Å². The second-order valence-corrected chi connectivity index (χ2v) is 6.49. The largest absolute Gasteiger partial charge is 0.456 e. The minimum absolute atomic E-state index is 0.109. The Morgan fingerprint density at radius 1 is 1.08 bits per heavy atom. The molecule has 0 radical (unpaired) electrons. The number of likely N-dealkylation sites (tertiary alicyclic amines) is 1. The predicted octanol–water partition coefficient (Wildman–Crippen LogP) is 2.84. The molecule has 24 heavy (non-hydrogen) atoms. The lowest BCUT2D eigenvalue weighted by molar-refractivity contribution is 0.0748. The highest BCUT2D eigenvalue weighted by Crippen LogP contribution is 2.23. The Kier molecular flexibility index (Phi) is 4.17. The van der Waals surface area contributed by atoms with Gasteiger partial charge in [0.15, 0.2) is 0 Å². The lowest BCUT2D eigenvalue weighted by Gasteiger charge is -2.24. The Bertz CT molecular complexity index is 702. The highest BCUT2D eigenvalue weighted by molar-refractivity contribution is 5.94. The molecule has 5 heteroatoms. The number of fused-ring (bicyclic) bond motifs is 2. The van der Waals surface area contributed by atoms with Gasteiger partial charge >= 0.3 is 0 Å². The topological polar surface area (TPSA) is 54.5 Å². The molecule has 2 bridgehead atoms. The molecule has 2 aliphatic rings. The Labute approximate surface area is 141 Å². The van der Waals surface area contributed by atoms with E-state index in [-0.39, 0.29) is 5.91 Å². The molecule has 0 aliphatic carbocycles. The van der Waals surface area contributed by atoms with Crippen LogP contribution in [0.5, 0.6) is 11.5 Å². The summed E-state index contributed by atoms with van der Waals surface area (Å²) in [6.07, 6.45) is 6.83. The van der Waals surface area contributed by atoms with Crippen molar-refractivity contribution in [2.45, 2.75) is 31.3 Å². The highest BCUT2D eigenvalue weighted by atomic mass is 16.5. The minimum Gasteiger partial charge on any atom is -0.456 e. The van der Waals surface area contributed by atoms with E-state index in [4.69, 9.17) is 4.74 Å². The van der Waals surface area contributed by atoms with Crippen molar-refractivity contribution < 1.29 is 9.53 Å². The lowest BCUT2D eigenvalue weighted by Crippen LogP contribution is -2.39. The molecule has 1 amide bonds. The molecule has 2 fully saturated rings. The molecule has 2 aromatic rings. The standard InChI is InChI=1S/C19H21N3O2/c23-19(22-11-9-15-5-6-16(13-22)21-15)14-3-7-17(8-4-14)24-18-2-1-10-20-12-18/h1-4,7-8,10,12,15-16,21H,5-6,9,11,13H2. The van der Waals surface area contributed by atoms with Crippen LogP contribution in [0.25, 0.3) is 0 Å². The van der Waals surface area contributed by atoms with Gasteiger partial charge in [0.2, 0.25) is 0 Å². The molecule has 2 unspecified atom stereocenters. The third-order valence-electron chi connectivity index (χ3n) is 4.78. The van der Waals surface area contributed by atoms with Crippen molar-refractivity contribution >= 4 is 5.91 Å². The minimum atomic E-state index is 0.109. The van der Waals surface area contributed by atoms with Gasteiger partial charge in [0, 0.05) is 36.9 Å². The number of pyridine rings is 1. The van der Waals surface area contributed by atoms with Gasteiger partial charge in [-0.05, 0) is 55.7 Å². The Balaban J connectivity index is 1.43. The average molecular weight is 323 g/mol. The molecular formula is C19H21N3O2. The van der Waals surface area contributed by atoms with Crippen molar-refractivity contribution in [1.29, 1.82) is 0 Å². The van der Waals surface area contributed by atoms with E-state index >= 15 is 0 Å². The predicted molar refractivity (Wildman–Crippen MR) is 91.2 cm³/mol. The van der Waals surface area contributed by atoms with Crippen LogP contribution in [0.3, 0.4) is 0 Å². The summed E-state index contributed by atoms with van der Waals surface area (Å²) < 4.78 is 5.72. The Morgan fingerprint density at radius 2 is 1.92 bits per heavy atom. The van der Waals surface area contributed by atoms with Crippen molar-refractivity contribution in [3.63, 3.8) is 0 Å². The highest BCUT2D eigenvalue weighted by Gasteiger charge is 2.31. The molecule has 4 rings (SSSR count). The summed E-state index contributed by atoms with van der Waals surface area (Å²) in [6.45, 7) is 1.64. The molecule has 124 valence electrons. The summed E-state index contributed by atoms with van der Waals surface area (Å²) in [4.78, 5) is 18.7. The van der Waals surface area contributed by atoms with Crippen LogP contribution in [0.4, 0.5) is 0 Å². The lowest BCUT2D eigenvalue weighted by atomic mass is 10.1. The van der Waals surface area contributed by atoms with E-state index < -0.39 is 0 Å². The number of carbonyl (C=O) groups excluding carboxylic acids is 1. The maximum atomic E-state index is 12.7. The summed E-state index contributed by atoms with van der Waals surface area (Å²) >= 11 is 0. The maximum Gasteiger partial charge on any atom is 0.253 e. The number of nitrogens with one attached hydrogen (secondary N) is 1. The van der Waals surface area contributed by atoms with E-state index in [1.165, 1.54) is 12.8 Å². The third-order valence-corrected chi connectivity index (χ3v) is 4.78. The fraction of sp³-hybridized carbons (Fsp3) is 0.368. The zero-order chi connectivity index (χ0) is 16.4. The summed E-state index contributed by atoms with van der Waals surface area (Å²) in [5.41, 5.74) is 0.714. The number of hydrogen-bond donors (Lipinski definition) is 1. The van der Waals surface area contributed by atoms with Gasteiger partial charge in [0.05, 0.1) is 6.20 Å². The van der Waals surface area contributed by atoms with Crippen LogP contribution in [0.1, 0.15) is 29.6 Å². The number of carbonyl (C=O) groups is 1. The van der Waals surface area contributed by atoms with Gasteiger partial charge in [-0.15, -0.1) is 0 Å². The van der Waals surface area contributed by atoms with Gasteiger partial charge in [-0.25, -0.2) is 0 Å². The van der Waals surface area contributed by atoms with Gasteiger partial charge in [0.1, 0.15) is 11.5 Å². The molecule has 3 heterocycles. The molecule has 2 aliphatic heterocycles. The van der Waals surface area contributed by atoms with E-state index in [0.717, 1.165) is 19.5 Å². The molecule has 5 nitrogen and oxygen atoms in total. The monoisotopic (exact) mass is 323 g/mol. The number of amides is 1. The fourth-order valence-corrected chi connectivity index (χ4v) is 3.52. The second kappa shape index (κ2) is 6.61. The number of aromatic nitrogens is 1. The van der Waals surface area contributed by atoms with Crippen LogP contribution in [-0.4, -0.2) is 41.0 Å². The first-order valence-electron chi connectivity index (χ1n) is 8.51. The molecule has 0 spiro atoms. The van der Waals surface area contributed by atoms with Crippen LogP contribution in [0.15, 0.2) is 48.8 Å². The van der Waals surface area contributed by atoms with Crippen molar-refractivity contribution in [1.82, 2.24) is 15.2 Å². The summed E-state index contributed by atoms with van der Waals surface area (Å²) in [5.74, 6) is 1.50. The van der Waals surface area contributed by atoms with Crippen LogP contribution >= 0.6 is 0 Å². The molecule has 2 saturated heterocycles. The van der Waals surface area contributed by atoms with E-state index in [0.29, 0.717) is 29.1 Å². The van der Waals surface area contributed by atoms with Gasteiger partial charge in [-0.3, -0.25) is 9.78 Å². The summed E-state index contributed by atoms with van der Waals surface area (Å²) in [7, 11) is 0. The number of rotatable bonds is 3. The van der Waals surface area contributed by atoms with Crippen LogP contribution in [0.2, 0.25) is 0 Å². The van der Waals surface area contributed by atoms with Gasteiger partial charge in [0.25, 0.3) is 5.91 Å². The molecule has 1 aromatic heterocycles. The van der Waals surface area contributed by atoms with Crippen molar-refractivity contribution in [2.75, 3.05) is 13.1 Å². The molecular weight excluding hydrogens is 302 g/mol. The van der Waals surface area contributed by atoms with Gasteiger partial charge in [-0.1, -0.05) is 0 Å². The number of benzene rings is 1. The first-order chi connectivity index (χ1) is 11.8. The maximum absolute atomic E-state index is 12.7. The summed E-state index contributed by atoms with van der Waals surface area (Å²) in [5, 5.41) is 3.61. The van der Waals surface area contributed by atoms with Crippen molar-refractivity contribution in [2.24, 2.45) is 0 Å². The second-order valence-electron chi connectivity index (χ2n) is 6.49. The molecule has 0 saturated carbocycles. The number of ether oxygens (including phenoxy) is 1. The molecule has 2 atom stereocenters. The fourth-order valence-electron chi connectivity index (χ4n) is 3.52. The molecule has 1 N–H and O–H groups in total. The number of hydrogen-bond acceptors (Lipinski definition) is 4. The quantitative estimate of drug-likeness (QED) is 0.944. The summed E-state index contributed by atoms with van der Waals surface area (Å²) in [6, 6.07) is 12.1. The molecule has 1 aromatic carbocycles. The number of nitrogens with zero attached hydrogens (tertiary/aromatic N) is 2. The van der Waals surface area contributed by atoms with E-state index in [1.807, 2.05) is 41.3 Å². The van der Waals surface area contributed by atoms with E-state index in [9.17, 15) is 4.79 Å². The smallest absolute Gasteiger partial charge is 0.253 e. The van der Waals surface area contributed by atoms with Gasteiger partial charge < -0.3 is 15.0 Å². The third kappa shape index (κ3) is 3.26. The Morgan fingerprint density at radius 3 is 2.71 bits per heavy atom.